The van der Waals surface area contributed by atoms with Crippen LogP contribution in [0.3, 0.4) is 0 Å². The molecule has 0 aliphatic heterocycles. The molecule has 1 aliphatic rings. The van der Waals surface area contributed by atoms with Gasteiger partial charge in [-0.3, -0.25) is 0 Å². The molecule has 1 rings (SSSR count). The van der Waals surface area contributed by atoms with Crippen molar-refractivity contribution < 1.29 is 0 Å². The minimum Gasteiger partial charge on any atom is -0.314 e. The van der Waals surface area contributed by atoms with Crippen LogP contribution in [0.5, 0.6) is 0 Å². The standard InChI is InChI=1S/C9H19N/c1-4-5-10-8(3)9-6-7(9)2/h7-10H,4-6H2,1-3H3. The topological polar surface area (TPSA) is 12.0 Å². The van der Waals surface area contributed by atoms with Crippen LogP contribution in [0.4, 0.5) is 0 Å². The van der Waals surface area contributed by atoms with E-state index in [9.17, 15) is 0 Å². The zero-order chi connectivity index (χ0) is 7.56. The highest BCUT2D eigenvalue weighted by Gasteiger charge is 2.36. The van der Waals surface area contributed by atoms with Gasteiger partial charge in [-0.2, -0.15) is 0 Å². The van der Waals surface area contributed by atoms with Crippen molar-refractivity contribution in [2.24, 2.45) is 11.8 Å². The monoisotopic (exact) mass is 141 g/mol. The fraction of sp³-hybridized carbons (Fsp3) is 1.00. The molecule has 1 saturated carbocycles. The fourth-order valence-corrected chi connectivity index (χ4v) is 1.57. The quantitative estimate of drug-likeness (QED) is 0.631. The summed E-state index contributed by atoms with van der Waals surface area (Å²) in [5.74, 6) is 1.96. The Morgan fingerprint density at radius 1 is 1.60 bits per heavy atom. The minimum absolute atomic E-state index is 0.759. The molecule has 0 amide bonds. The number of hydrogen-bond acceptors (Lipinski definition) is 1. The van der Waals surface area contributed by atoms with Crippen molar-refractivity contribution in [2.75, 3.05) is 6.54 Å². The third-order valence-electron chi connectivity index (χ3n) is 2.53. The lowest BCUT2D eigenvalue weighted by Gasteiger charge is -2.11. The van der Waals surface area contributed by atoms with Crippen LogP contribution in [0.1, 0.15) is 33.6 Å². The molecule has 10 heavy (non-hydrogen) atoms. The Bertz CT molecular complexity index is 101. The lowest BCUT2D eigenvalue weighted by Crippen LogP contribution is -2.28. The molecule has 3 unspecified atom stereocenters. The summed E-state index contributed by atoms with van der Waals surface area (Å²) in [6.07, 6.45) is 2.70. The van der Waals surface area contributed by atoms with E-state index in [1.54, 1.807) is 0 Å². The summed E-state index contributed by atoms with van der Waals surface area (Å²) in [5.41, 5.74) is 0. The molecule has 60 valence electrons. The fourth-order valence-electron chi connectivity index (χ4n) is 1.57. The van der Waals surface area contributed by atoms with E-state index in [0.717, 1.165) is 17.9 Å². The number of rotatable bonds is 4. The second kappa shape index (κ2) is 3.38. The average Bonchev–Trinajstić information content (AvgIpc) is 2.62. The van der Waals surface area contributed by atoms with Gasteiger partial charge in [0.1, 0.15) is 0 Å². The highest BCUT2D eigenvalue weighted by molar-refractivity contribution is 4.89. The zero-order valence-electron chi connectivity index (χ0n) is 7.35. The molecule has 0 aromatic rings. The van der Waals surface area contributed by atoms with E-state index in [4.69, 9.17) is 0 Å². The van der Waals surface area contributed by atoms with Gasteiger partial charge >= 0.3 is 0 Å². The first-order chi connectivity index (χ1) is 4.75. The van der Waals surface area contributed by atoms with Gasteiger partial charge in [0.05, 0.1) is 0 Å². The molecular weight excluding hydrogens is 122 g/mol. The second-order valence-corrected chi connectivity index (χ2v) is 3.62. The lowest BCUT2D eigenvalue weighted by molar-refractivity contribution is 0.478. The predicted octanol–water partition coefficient (Wildman–Crippen LogP) is 2.03. The maximum Gasteiger partial charge on any atom is 0.00696 e. The summed E-state index contributed by atoms with van der Waals surface area (Å²) < 4.78 is 0. The van der Waals surface area contributed by atoms with E-state index < -0.39 is 0 Å². The zero-order valence-corrected chi connectivity index (χ0v) is 7.35. The highest BCUT2D eigenvalue weighted by atomic mass is 14.9. The van der Waals surface area contributed by atoms with Gasteiger partial charge in [-0.1, -0.05) is 13.8 Å². The Labute approximate surface area is 64.2 Å². The van der Waals surface area contributed by atoms with Gasteiger partial charge < -0.3 is 5.32 Å². The molecule has 0 saturated heterocycles. The van der Waals surface area contributed by atoms with Gasteiger partial charge in [0, 0.05) is 6.04 Å². The highest BCUT2D eigenvalue weighted by Crippen LogP contribution is 2.40. The smallest absolute Gasteiger partial charge is 0.00696 e. The van der Waals surface area contributed by atoms with Crippen LogP contribution in [0.15, 0.2) is 0 Å². The molecule has 0 aromatic heterocycles. The van der Waals surface area contributed by atoms with Gasteiger partial charge in [-0.15, -0.1) is 0 Å². The summed E-state index contributed by atoms with van der Waals surface area (Å²) >= 11 is 0. The maximum atomic E-state index is 3.52. The summed E-state index contributed by atoms with van der Waals surface area (Å²) in [5, 5.41) is 3.52. The summed E-state index contributed by atoms with van der Waals surface area (Å²) in [4.78, 5) is 0. The number of hydrogen-bond donors (Lipinski definition) is 1. The first kappa shape index (κ1) is 8.06. The van der Waals surface area contributed by atoms with Crippen LogP contribution < -0.4 is 5.32 Å². The molecule has 1 heteroatoms. The van der Waals surface area contributed by atoms with Crippen LogP contribution in [0, 0.1) is 11.8 Å². The lowest BCUT2D eigenvalue weighted by atomic mass is 10.2. The largest absolute Gasteiger partial charge is 0.314 e. The van der Waals surface area contributed by atoms with E-state index >= 15 is 0 Å². The van der Waals surface area contributed by atoms with Gasteiger partial charge in [-0.05, 0) is 38.1 Å². The first-order valence-corrected chi connectivity index (χ1v) is 4.49. The Morgan fingerprint density at radius 2 is 2.20 bits per heavy atom. The van der Waals surface area contributed by atoms with Gasteiger partial charge in [-0.25, -0.2) is 0 Å². The second-order valence-electron chi connectivity index (χ2n) is 3.62. The molecule has 1 aliphatic carbocycles. The third kappa shape index (κ3) is 1.98. The van der Waals surface area contributed by atoms with Crippen molar-refractivity contribution >= 4 is 0 Å². The first-order valence-electron chi connectivity index (χ1n) is 4.49. The molecule has 0 bridgehead atoms. The Morgan fingerprint density at radius 3 is 2.60 bits per heavy atom. The van der Waals surface area contributed by atoms with E-state index in [1.807, 2.05) is 0 Å². The molecule has 0 spiro atoms. The van der Waals surface area contributed by atoms with Crippen LogP contribution in [0.25, 0.3) is 0 Å². The van der Waals surface area contributed by atoms with Crippen LogP contribution in [-0.4, -0.2) is 12.6 Å². The Balaban J connectivity index is 2.04. The van der Waals surface area contributed by atoms with Gasteiger partial charge in [0.2, 0.25) is 0 Å². The number of nitrogens with one attached hydrogen (secondary N) is 1. The van der Waals surface area contributed by atoms with E-state index in [2.05, 4.69) is 26.1 Å². The Kier molecular flexibility index (Phi) is 2.72. The van der Waals surface area contributed by atoms with Crippen molar-refractivity contribution in [1.82, 2.24) is 5.32 Å². The third-order valence-corrected chi connectivity index (χ3v) is 2.53. The summed E-state index contributed by atoms with van der Waals surface area (Å²) in [7, 11) is 0. The van der Waals surface area contributed by atoms with E-state index in [1.165, 1.54) is 19.4 Å². The maximum absolute atomic E-state index is 3.52. The van der Waals surface area contributed by atoms with E-state index in [-0.39, 0.29) is 0 Å². The normalized spacial score (nSPS) is 33.9. The average molecular weight is 141 g/mol. The molecule has 0 radical (unpaired) electrons. The minimum atomic E-state index is 0.759. The predicted molar refractivity (Wildman–Crippen MR) is 45.0 cm³/mol. The van der Waals surface area contributed by atoms with Crippen molar-refractivity contribution in [3.63, 3.8) is 0 Å². The summed E-state index contributed by atoms with van der Waals surface area (Å²) in [6, 6.07) is 0.759. The van der Waals surface area contributed by atoms with Crippen molar-refractivity contribution in [2.45, 2.75) is 39.7 Å². The molecule has 1 nitrogen and oxygen atoms in total. The van der Waals surface area contributed by atoms with Gasteiger partial charge in [0.25, 0.3) is 0 Å². The van der Waals surface area contributed by atoms with Crippen LogP contribution in [0.2, 0.25) is 0 Å². The van der Waals surface area contributed by atoms with E-state index in [0.29, 0.717) is 0 Å². The molecule has 0 heterocycles. The van der Waals surface area contributed by atoms with Crippen molar-refractivity contribution in [1.29, 1.82) is 0 Å². The van der Waals surface area contributed by atoms with Crippen molar-refractivity contribution in [3.05, 3.63) is 0 Å². The summed E-state index contributed by atoms with van der Waals surface area (Å²) in [6.45, 7) is 8.05. The molecule has 3 atom stereocenters. The van der Waals surface area contributed by atoms with Crippen molar-refractivity contribution in [3.8, 4) is 0 Å². The van der Waals surface area contributed by atoms with Crippen LogP contribution in [-0.2, 0) is 0 Å². The molecule has 0 aromatic carbocycles. The molecular formula is C9H19N. The molecule has 1 N–H and O–H groups in total. The molecule has 1 fully saturated rings. The Hall–Kier alpha value is -0.0400. The SMILES string of the molecule is CCCNC(C)C1CC1C. The van der Waals surface area contributed by atoms with Gasteiger partial charge in [0.15, 0.2) is 0 Å². The van der Waals surface area contributed by atoms with Crippen LogP contribution >= 0.6 is 0 Å².